The van der Waals surface area contributed by atoms with Gasteiger partial charge in [0.25, 0.3) is 5.56 Å². The van der Waals surface area contributed by atoms with Gasteiger partial charge in [0, 0.05) is 26.0 Å². The highest BCUT2D eigenvalue weighted by Crippen LogP contribution is 2.44. The average Bonchev–Trinajstić information content (AvgIpc) is 2.89. The number of aromatic amines is 1. The van der Waals surface area contributed by atoms with Gasteiger partial charge in [-0.3, -0.25) is 14.3 Å². The molecule has 2 rings (SSSR count). The Balaban J connectivity index is 2.21. The number of ether oxygens (including phenoxy) is 2. The Labute approximate surface area is 170 Å². The molecule has 2 unspecified atom stereocenters. The first-order chi connectivity index (χ1) is 13.0. The van der Waals surface area contributed by atoms with Gasteiger partial charge in [0.1, 0.15) is 11.5 Å². The maximum Gasteiger partial charge on any atom is 0.329 e. The monoisotopic (exact) mass is 432 g/mol. The van der Waals surface area contributed by atoms with E-state index in [1.807, 2.05) is 0 Å². The van der Waals surface area contributed by atoms with Gasteiger partial charge in [-0.15, -0.1) is 11.8 Å². The largest absolute Gasteiger partial charge is 0.416 e. The van der Waals surface area contributed by atoms with Crippen LogP contribution in [0.2, 0.25) is 18.1 Å². The molecule has 2 heterocycles. The Hall–Kier alpha value is -0.913. The number of aliphatic hydroxyl groups excluding tert-OH is 1. The quantitative estimate of drug-likeness (QED) is 0.475. The number of thioether (sulfide) groups is 1. The number of hydrogen-bond donors (Lipinski definition) is 2. The van der Waals surface area contributed by atoms with Crippen LogP contribution in [-0.4, -0.2) is 67.4 Å². The van der Waals surface area contributed by atoms with Crippen molar-refractivity contribution in [2.75, 3.05) is 26.9 Å². The average molecular weight is 433 g/mol. The van der Waals surface area contributed by atoms with Crippen LogP contribution in [0.15, 0.2) is 21.9 Å². The maximum atomic E-state index is 12.3. The third kappa shape index (κ3) is 5.36. The van der Waals surface area contributed by atoms with Gasteiger partial charge in [-0.25, -0.2) is 4.79 Å². The summed E-state index contributed by atoms with van der Waals surface area (Å²) in [4.78, 5) is 25.9. The molecule has 160 valence electrons. The highest BCUT2D eigenvalue weighted by Gasteiger charge is 2.47. The zero-order valence-electron chi connectivity index (χ0n) is 17.4. The SMILES string of the molecule is COCCOC1C(O)[C@@H](CO[Si](C)(C)C(C)(C)C)S[C@H]1n1ccc(=O)[nH]c1=O. The lowest BCUT2D eigenvalue weighted by atomic mass is 10.1. The fourth-order valence-electron chi connectivity index (χ4n) is 2.66. The minimum absolute atomic E-state index is 0.0604. The first-order valence-electron chi connectivity index (χ1n) is 9.37. The molecule has 0 bridgehead atoms. The molecule has 2 N–H and O–H groups in total. The fourth-order valence-corrected chi connectivity index (χ4v) is 5.32. The molecular weight excluding hydrogens is 400 g/mol. The van der Waals surface area contributed by atoms with Crippen molar-refractivity contribution in [3.05, 3.63) is 33.1 Å². The molecule has 10 heteroatoms. The van der Waals surface area contributed by atoms with Crippen LogP contribution in [0, 0.1) is 0 Å². The van der Waals surface area contributed by atoms with Crippen molar-refractivity contribution >= 4 is 20.1 Å². The number of nitrogens with one attached hydrogen (secondary N) is 1. The van der Waals surface area contributed by atoms with E-state index in [1.165, 1.54) is 28.6 Å². The third-order valence-corrected chi connectivity index (χ3v) is 11.5. The fraction of sp³-hybridized carbons (Fsp3) is 0.778. The predicted octanol–water partition coefficient (Wildman–Crippen LogP) is 1.56. The molecule has 0 amide bonds. The summed E-state index contributed by atoms with van der Waals surface area (Å²) < 4.78 is 18.6. The molecule has 0 aliphatic carbocycles. The van der Waals surface area contributed by atoms with Gasteiger partial charge in [0.15, 0.2) is 8.32 Å². The minimum atomic E-state index is -1.98. The Morgan fingerprint density at radius 2 is 1.96 bits per heavy atom. The van der Waals surface area contributed by atoms with E-state index in [9.17, 15) is 14.7 Å². The zero-order valence-corrected chi connectivity index (χ0v) is 19.2. The molecule has 8 nitrogen and oxygen atoms in total. The van der Waals surface area contributed by atoms with Crippen molar-refractivity contribution < 1.29 is 19.0 Å². The molecule has 1 saturated heterocycles. The number of rotatable bonds is 8. The number of H-pyrrole nitrogens is 1. The lowest BCUT2D eigenvalue weighted by Crippen LogP contribution is -2.44. The van der Waals surface area contributed by atoms with E-state index in [2.05, 4.69) is 38.8 Å². The lowest BCUT2D eigenvalue weighted by molar-refractivity contribution is -0.0561. The molecule has 28 heavy (non-hydrogen) atoms. The summed E-state index contributed by atoms with van der Waals surface area (Å²) in [6, 6.07) is 1.29. The number of aliphatic hydroxyl groups is 1. The van der Waals surface area contributed by atoms with Gasteiger partial charge in [-0.2, -0.15) is 0 Å². The molecule has 1 aliphatic rings. The second-order valence-corrected chi connectivity index (χ2v) is 14.6. The topological polar surface area (TPSA) is 103 Å². The zero-order chi connectivity index (χ0) is 21.1. The number of methoxy groups -OCH3 is 1. The van der Waals surface area contributed by atoms with Gasteiger partial charge in [-0.05, 0) is 18.1 Å². The minimum Gasteiger partial charge on any atom is -0.416 e. The van der Waals surface area contributed by atoms with E-state index in [-0.39, 0.29) is 10.3 Å². The molecule has 4 atom stereocenters. The number of hydrogen-bond acceptors (Lipinski definition) is 7. The van der Waals surface area contributed by atoms with Crippen LogP contribution in [0.4, 0.5) is 0 Å². The predicted molar refractivity (Wildman–Crippen MR) is 113 cm³/mol. The molecule has 0 saturated carbocycles. The van der Waals surface area contributed by atoms with E-state index in [4.69, 9.17) is 13.9 Å². The van der Waals surface area contributed by atoms with Crippen LogP contribution in [0.1, 0.15) is 26.1 Å². The Bertz CT molecular complexity index is 759. The summed E-state index contributed by atoms with van der Waals surface area (Å²) in [6.07, 6.45) is 0.0159. The smallest absolute Gasteiger partial charge is 0.329 e. The Kier molecular flexibility index (Phi) is 7.74. The first-order valence-corrected chi connectivity index (χ1v) is 13.2. The van der Waals surface area contributed by atoms with Gasteiger partial charge < -0.3 is 19.0 Å². The standard InChI is InChI=1S/C18H32N2O6SSi/c1-18(2,3)28(5,6)26-11-12-14(22)15(25-10-9-24-4)16(27-12)20-8-7-13(21)19-17(20)23/h7-8,12,14-16,22H,9-11H2,1-6H3,(H,19,21,23)/t12-,14?,15?,16-/m1/s1. The van der Waals surface area contributed by atoms with E-state index < -0.39 is 37.1 Å². The summed E-state index contributed by atoms with van der Waals surface area (Å²) in [6.45, 7) is 11.9. The van der Waals surface area contributed by atoms with Crippen molar-refractivity contribution in [3.8, 4) is 0 Å². The van der Waals surface area contributed by atoms with E-state index in [0.717, 1.165) is 0 Å². The summed E-state index contributed by atoms with van der Waals surface area (Å²) in [5.41, 5.74) is -0.983. The van der Waals surface area contributed by atoms with Gasteiger partial charge in [0.2, 0.25) is 0 Å². The first kappa shape index (κ1) is 23.4. The van der Waals surface area contributed by atoms with Crippen LogP contribution in [0.25, 0.3) is 0 Å². The second-order valence-electron chi connectivity index (χ2n) is 8.47. The molecule has 0 spiro atoms. The molecule has 1 aromatic rings. The van der Waals surface area contributed by atoms with Crippen LogP contribution in [-0.2, 0) is 13.9 Å². The molecule has 0 radical (unpaired) electrons. The molecule has 1 aromatic heterocycles. The van der Waals surface area contributed by atoms with Crippen LogP contribution in [0.5, 0.6) is 0 Å². The highest BCUT2D eigenvalue weighted by atomic mass is 32.2. The molecule has 1 fully saturated rings. The van der Waals surface area contributed by atoms with Crippen molar-refractivity contribution in [1.29, 1.82) is 0 Å². The number of aromatic nitrogens is 2. The lowest BCUT2D eigenvalue weighted by Gasteiger charge is -2.37. The summed E-state index contributed by atoms with van der Waals surface area (Å²) in [5, 5.41) is 10.2. The van der Waals surface area contributed by atoms with Crippen molar-refractivity contribution in [2.45, 2.75) is 61.7 Å². The Morgan fingerprint density at radius 3 is 2.54 bits per heavy atom. The second kappa shape index (κ2) is 9.27. The van der Waals surface area contributed by atoms with Crippen LogP contribution in [0.3, 0.4) is 0 Å². The van der Waals surface area contributed by atoms with E-state index in [1.54, 1.807) is 7.11 Å². The Morgan fingerprint density at radius 1 is 1.29 bits per heavy atom. The van der Waals surface area contributed by atoms with Gasteiger partial charge in [-0.1, -0.05) is 20.8 Å². The summed E-state index contributed by atoms with van der Waals surface area (Å²) in [7, 11) is -0.404. The van der Waals surface area contributed by atoms with Gasteiger partial charge in [0.05, 0.1) is 24.6 Å². The van der Waals surface area contributed by atoms with Gasteiger partial charge >= 0.3 is 5.69 Å². The van der Waals surface area contributed by atoms with E-state index >= 15 is 0 Å². The summed E-state index contributed by atoms with van der Waals surface area (Å²) in [5.74, 6) is 0. The van der Waals surface area contributed by atoms with Crippen LogP contribution >= 0.6 is 11.8 Å². The highest BCUT2D eigenvalue weighted by molar-refractivity contribution is 8.00. The molecule has 0 aromatic carbocycles. The van der Waals surface area contributed by atoms with Crippen molar-refractivity contribution in [2.24, 2.45) is 0 Å². The summed E-state index contributed by atoms with van der Waals surface area (Å²) >= 11 is 1.43. The number of nitrogens with zero attached hydrogens (tertiary/aromatic N) is 1. The van der Waals surface area contributed by atoms with E-state index in [0.29, 0.717) is 19.8 Å². The van der Waals surface area contributed by atoms with Crippen molar-refractivity contribution in [1.82, 2.24) is 9.55 Å². The van der Waals surface area contributed by atoms with Crippen molar-refractivity contribution in [3.63, 3.8) is 0 Å². The van der Waals surface area contributed by atoms with Crippen LogP contribution < -0.4 is 11.2 Å². The molecular formula is C18H32N2O6SSi. The molecule has 1 aliphatic heterocycles. The third-order valence-electron chi connectivity index (χ3n) is 5.45. The maximum absolute atomic E-state index is 12.3. The normalized spacial score (nSPS) is 26.0.